The Bertz CT molecular complexity index is 655. The van der Waals surface area contributed by atoms with Crippen LogP contribution in [0, 0.1) is 12.7 Å². The first-order valence-electron chi connectivity index (χ1n) is 7.48. The molecule has 2 aromatic carbocycles. The first-order chi connectivity index (χ1) is 10.6. The minimum atomic E-state index is -0.290. The highest BCUT2D eigenvalue weighted by Crippen LogP contribution is 2.21. The summed E-state index contributed by atoms with van der Waals surface area (Å²) in [7, 11) is 0. The Hall–Kier alpha value is -2.36. The van der Waals surface area contributed by atoms with E-state index in [1.54, 1.807) is 12.1 Å². The lowest BCUT2D eigenvalue weighted by molar-refractivity contribution is -0.115. The Morgan fingerprint density at radius 3 is 2.68 bits per heavy atom. The molecule has 0 saturated heterocycles. The minimum absolute atomic E-state index is 0.0482. The molecule has 3 nitrogen and oxygen atoms in total. The Balaban J connectivity index is 1.89. The van der Waals surface area contributed by atoms with Gasteiger partial charge in [0.25, 0.3) is 0 Å². The number of anilines is 2. The zero-order valence-corrected chi connectivity index (χ0v) is 12.9. The predicted molar refractivity (Wildman–Crippen MR) is 88.7 cm³/mol. The van der Waals surface area contributed by atoms with E-state index in [-0.39, 0.29) is 11.7 Å². The van der Waals surface area contributed by atoms with Crippen LogP contribution < -0.4 is 10.6 Å². The zero-order valence-electron chi connectivity index (χ0n) is 12.9. The summed E-state index contributed by atoms with van der Waals surface area (Å²) in [6, 6.07) is 12.2. The third-order valence-electron chi connectivity index (χ3n) is 3.51. The molecule has 0 radical (unpaired) electrons. The van der Waals surface area contributed by atoms with Crippen molar-refractivity contribution in [1.82, 2.24) is 0 Å². The number of amides is 1. The highest BCUT2D eigenvalue weighted by Gasteiger charge is 2.08. The largest absolute Gasteiger partial charge is 0.384 e. The maximum atomic E-state index is 13.0. The van der Waals surface area contributed by atoms with E-state index in [0.717, 1.165) is 23.2 Å². The second-order valence-electron chi connectivity index (χ2n) is 5.20. The van der Waals surface area contributed by atoms with Crippen LogP contribution in [0.25, 0.3) is 0 Å². The molecule has 116 valence electrons. The van der Waals surface area contributed by atoms with Crippen LogP contribution in [0.15, 0.2) is 42.5 Å². The number of hydrogen-bond donors (Lipinski definition) is 2. The molecule has 0 unspecified atom stereocenters. The van der Waals surface area contributed by atoms with E-state index >= 15 is 0 Å². The molecule has 0 aromatic heterocycles. The van der Waals surface area contributed by atoms with Gasteiger partial charge in [-0.25, -0.2) is 4.39 Å². The lowest BCUT2D eigenvalue weighted by atomic mass is 10.1. The van der Waals surface area contributed by atoms with Gasteiger partial charge >= 0.3 is 0 Å². The number of benzene rings is 2. The standard InChI is InChI=1S/C18H21FN2O/c1-3-14-7-4-6-13(2)18(14)21-17(22)10-11-20-16-9-5-8-15(19)12-16/h4-9,12,20H,3,10-11H2,1-2H3,(H,21,22). The van der Waals surface area contributed by atoms with E-state index in [4.69, 9.17) is 0 Å². The lowest BCUT2D eigenvalue weighted by Crippen LogP contribution is -2.17. The molecule has 1 amide bonds. The van der Waals surface area contributed by atoms with Gasteiger partial charge in [-0.1, -0.05) is 31.2 Å². The van der Waals surface area contributed by atoms with Crippen LogP contribution in [0.1, 0.15) is 24.5 Å². The van der Waals surface area contributed by atoms with Gasteiger partial charge in [0, 0.05) is 24.3 Å². The Kier molecular flexibility index (Phi) is 5.53. The van der Waals surface area contributed by atoms with Crippen molar-refractivity contribution in [3.8, 4) is 0 Å². The molecule has 4 heteroatoms. The number of halogens is 1. The lowest BCUT2D eigenvalue weighted by Gasteiger charge is -2.13. The second-order valence-corrected chi connectivity index (χ2v) is 5.20. The summed E-state index contributed by atoms with van der Waals surface area (Å²) in [6.07, 6.45) is 1.20. The van der Waals surface area contributed by atoms with Gasteiger partial charge in [-0.15, -0.1) is 0 Å². The van der Waals surface area contributed by atoms with Crippen LogP contribution in [0.3, 0.4) is 0 Å². The summed E-state index contributed by atoms with van der Waals surface area (Å²) in [6.45, 7) is 4.51. The maximum absolute atomic E-state index is 13.0. The van der Waals surface area contributed by atoms with Crippen LogP contribution in [-0.2, 0) is 11.2 Å². The monoisotopic (exact) mass is 300 g/mol. The number of carbonyl (C=O) groups is 1. The van der Waals surface area contributed by atoms with Gasteiger partial charge in [0.05, 0.1) is 0 Å². The molecule has 0 fully saturated rings. The van der Waals surface area contributed by atoms with Gasteiger partial charge in [0.2, 0.25) is 5.91 Å². The summed E-state index contributed by atoms with van der Waals surface area (Å²) < 4.78 is 13.0. The Morgan fingerprint density at radius 2 is 1.95 bits per heavy atom. The fourth-order valence-electron chi connectivity index (χ4n) is 2.32. The summed E-state index contributed by atoms with van der Waals surface area (Å²) in [5, 5.41) is 6.02. The Morgan fingerprint density at radius 1 is 1.18 bits per heavy atom. The quantitative estimate of drug-likeness (QED) is 0.842. The molecule has 0 aliphatic carbocycles. The second kappa shape index (κ2) is 7.59. The van der Waals surface area contributed by atoms with E-state index in [1.165, 1.54) is 12.1 Å². The number of aryl methyl sites for hydroxylation is 2. The van der Waals surface area contributed by atoms with E-state index in [1.807, 2.05) is 25.1 Å². The van der Waals surface area contributed by atoms with Crippen molar-refractivity contribution < 1.29 is 9.18 Å². The molecule has 22 heavy (non-hydrogen) atoms. The SMILES string of the molecule is CCc1cccc(C)c1NC(=O)CCNc1cccc(F)c1. The van der Waals surface area contributed by atoms with Crippen molar-refractivity contribution in [3.05, 3.63) is 59.4 Å². The highest BCUT2D eigenvalue weighted by atomic mass is 19.1. The molecule has 0 aliphatic rings. The third-order valence-corrected chi connectivity index (χ3v) is 3.51. The molecule has 0 spiro atoms. The molecule has 0 atom stereocenters. The molecule has 2 aromatic rings. The minimum Gasteiger partial charge on any atom is -0.384 e. The van der Waals surface area contributed by atoms with Crippen molar-refractivity contribution >= 4 is 17.3 Å². The normalized spacial score (nSPS) is 10.3. The van der Waals surface area contributed by atoms with E-state index in [9.17, 15) is 9.18 Å². The van der Waals surface area contributed by atoms with Crippen LogP contribution in [0.2, 0.25) is 0 Å². The molecule has 0 bridgehead atoms. The molecule has 0 aliphatic heterocycles. The van der Waals surface area contributed by atoms with Crippen LogP contribution in [-0.4, -0.2) is 12.5 Å². The summed E-state index contributed by atoms with van der Waals surface area (Å²) >= 11 is 0. The van der Waals surface area contributed by atoms with Crippen molar-refractivity contribution in [3.63, 3.8) is 0 Å². The molecule has 0 heterocycles. The number of rotatable bonds is 6. The van der Waals surface area contributed by atoms with Gasteiger partial charge in [0.15, 0.2) is 0 Å². The van der Waals surface area contributed by atoms with Crippen LogP contribution >= 0.6 is 0 Å². The smallest absolute Gasteiger partial charge is 0.226 e. The van der Waals surface area contributed by atoms with Crippen molar-refractivity contribution in [2.24, 2.45) is 0 Å². The van der Waals surface area contributed by atoms with Gasteiger partial charge in [-0.2, -0.15) is 0 Å². The van der Waals surface area contributed by atoms with Crippen LogP contribution in [0.4, 0.5) is 15.8 Å². The van der Waals surface area contributed by atoms with Gasteiger partial charge in [-0.3, -0.25) is 4.79 Å². The molecular weight excluding hydrogens is 279 g/mol. The fourth-order valence-corrected chi connectivity index (χ4v) is 2.32. The summed E-state index contributed by atoms with van der Waals surface area (Å²) in [5.74, 6) is -0.338. The molecule has 0 saturated carbocycles. The number of carbonyl (C=O) groups excluding carboxylic acids is 1. The first-order valence-corrected chi connectivity index (χ1v) is 7.48. The van der Waals surface area contributed by atoms with Gasteiger partial charge in [-0.05, 0) is 42.7 Å². The fraction of sp³-hybridized carbons (Fsp3) is 0.278. The zero-order chi connectivity index (χ0) is 15.9. The maximum Gasteiger partial charge on any atom is 0.226 e. The summed E-state index contributed by atoms with van der Waals surface area (Å²) in [5.41, 5.74) is 3.77. The number of nitrogens with one attached hydrogen (secondary N) is 2. The van der Waals surface area contributed by atoms with Crippen molar-refractivity contribution in [1.29, 1.82) is 0 Å². The van der Waals surface area contributed by atoms with E-state index in [2.05, 4.69) is 17.6 Å². The average Bonchev–Trinajstić information content (AvgIpc) is 2.49. The molecule has 2 N–H and O–H groups in total. The molecule has 2 rings (SSSR count). The summed E-state index contributed by atoms with van der Waals surface area (Å²) in [4.78, 5) is 12.1. The third kappa shape index (κ3) is 4.32. The van der Waals surface area contributed by atoms with E-state index < -0.39 is 0 Å². The van der Waals surface area contributed by atoms with Gasteiger partial charge < -0.3 is 10.6 Å². The van der Waals surface area contributed by atoms with Gasteiger partial charge in [0.1, 0.15) is 5.82 Å². The molecular formula is C18H21FN2O. The highest BCUT2D eigenvalue weighted by molar-refractivity contribution is 5.92. The Labute approximate surface area is 130 Å². The number of hydrogen-bond acceptors (Lipinski definition) is 2. The predicted octanol–water partition coefficient (Wildman–Crippen LogP) is 4.14. The van der Waals surface area contributed by atoms with E-state index in [0.29, 0.717) is 18.7 Å². The van der Waals surface area contributed by atoms with Crippen LogP contribution in [0.5, 0.6) is 0 Å². The van der Waals surface area contributed by atoms with Crippen molar-refractivity contribution in [2.75, 3.05) is 17.2 Å². The average molecular weight is 300 g/mol. The topological polar surface area (TPSA) is 41.1 Å². The first kappa shape index (κ1) is 16.0. The number of para-hydroxylation sites is 1. The van der Waals surface area contributed by atoms with Crippen molar-refractivity contribution in [2.45, 2.75) is 26.7 Å².